The van der Waals surface area contributed by atoms with Gasteiger partial charge in [-0.2, -0.15) is 0 Å². The Morgan fingerprint density at radius 1 is 1.24 bits per heavy atom. The van der Waals surface area contributed by atoms with E-state index in [1.807, 2.05) is 18.8 Å². The molecule has 0 spiro atoms. The molecule has 1 N–H and O–H groups in total. The van der Waals surface area contributed by atoms with E-state index in [1.54, 1.807) is 6.07 Å². The number of benzene rings is 1. The molecule has 6 heteroatoms. The van der Waals surface area contributed by atoms with Crippen molar-refractivity contribution in [1.82, 2.24) is 0 Å². The van der Waals surface area contributed by atoms with Crippen LogP contribution in [0.4, 0.5) is 0 Å². The number of hydrogen-bond donors (Lipinski definition) is 1. The van der Waals surface area contributed by atoms with Gasteiger partial charge in [-0.05, 0) is 37.0 Å². The van der Waals surface area contributed by atoms with E-state index >= 15 is 0 Å². The molecule has 0 aliphatic heterocycles. The van der Waals surface area contributed by atoms with Crippen LogP contribution in [-0.4, -0.2) is 35.8 Å². The van der Waals surface area contributed by atoms with E-state index in [-0.39, 0.29) is 42.1 Å². The Balaban J connectivity index is 0. The molecule has 90 valence electrons. The van der Waals surface area contributed by atoms with E-state index in [4.69, 9.17) is 9.29 Å². The third kappa shape index (κ3) is 5.59. The van der Waals surface area contributed by atoms with Crippen molar-refractivity contribution in [1.29, 1.82) is 0 Å². The van der Waals surface area contributed by atoms with Crippen LogP contribution in [0.25, 0.3) is 0 Å². The van der Waals surface area contributed by atoms with Crippen molar-refractivity contribution in [2.24, 2.45) is 0 Å². The first-order valence-electron chi connectivity index (χ1n) is 4.55. The number of carboxylic acid groups (broad SMARTS) is 1. The van der Waals surface area contributed by atoms with E-state index in [0.717, 1.165) is 0 Å². The van der Waals surface area contributed by atoms with Gasteiger partial charge in [-0.3, -0.25) is 0 Å². The van der Waals surface area contributed by atoms with Crippen molar-refractivity contribution < 1.29 is 49.9 Å². The molecule has 0 bridgehead atoms. The molecule has 0 heterocycles. The van der Waals surface area contributed by atoms with Gasteiger partial charge in [-0.25, -0.2) is 9.59 Å². The molecular formula is C11H15NaO4S. The van der Waals surface area contributed by atoms with Gasteiger partial charge in [0.25, 0.3) is 0 Å². The van der Waals surface area contributed by atoms with Crippen LogP contribution in [0.5, 0.6) is 0 Å². The van der Waals surface area contributed by atoms with Gasteiger partial charge in [0.1, 0.15) is 0 Å². The molecule has 1 aromatic rings. The molecule has 0 fully saturated rings. The first-order valence-corrected chi connectivity index (χ1v) is 7.33. The van der Waals surface area contributed by atoms with Gasteiger partial charge in [0.15, 0.2) is 0 Å². The molecule has 1 aromatic carbocycles. The van der Waals surface area contributed by atoms with E-state index in [1.165, 1.54) is 18.2 Å². The maximum Gasteiger partial charge on any atom is 1.00 e. The Morgan fingerprint density at radius 2 is 1.76 bits per heavy atom. The second-order valence-corrected chi connectivity index (χ2v) is 7.60. The van der Waals surface area contributed by atoms with Crippen molar-refractivity contribution in [3.63, 3.8) is 0 Å². The fraction of sp³-hybridized carbons (Fsp3) is 0.273. The molecule has 0 aliphatic rings. The number of carbonyl (C=O) groups excluding carboxylic acids is 1. The smallest absolute Gasteiger partial charge is 1.00 e. The van der Waals surface area contributed by atoms with Gasteiger partial charge in [0, 0.05) is 0 Å². The van der Waals surface area contributed by atoms with Crippen molar-refractivity contribution >= 4 is 22.2 Å². The normalized spacial score (nSPS) is 11.2. The maximum absolute atomic E-state index is 11.6. The molecule has 0 saturated carbocycles. The molecule has 0 aromatic heterocycles. The number of hydrogen-bond acceptors (Lipinski definition) is 3. The zero-order valence-corrected chi connectivity index (χ0v) is 13.2. The number of carboxylic acids is 1. The van der Waals surface area contributed by atoms with Crippen LogP contribution in [0.2, 0.25) is 0 Å². The second-order valence-electron chi connectivity index (χ2n) is 3.98. The SMILES string of the molecule is CS(C)(C)OC(=O)c1cccc(C(=O)O)c1.[H-].[Na+]. The summed E-state index contributed by atoms with van der Waals surface area (Å²) in [7, 11) is -1.40. The summed E-state index contributed by atoms with van der Waals surface area (Å²) in [4.78, 5) is 22.4. The van der Waals surface area contributed by atoms with E-state index < -0.39 is 22.2 Å². The van der Waals surface area contributed by atoms with Crippen LogP contribution in [0.15, 0.2) is 24.3 Å². The van der Waals surface area contributed by atoms with Gasteiger partial charge >= 0.3 is 41.5 Å². The van der Waals surface area contributed by atoms with Gasteiger partial charge in [-0.1, -0.05) is 16.4 Å². The molecule has 4 nitrogen and oxygen atoms in total. The Hall–Kier alpha value is -0.490. The first-order chi connectivity index (χ1) is 7.29. The van der Waals surface area contributed by atoms with Gasteiger partial charge < -0.3 is 10.7 Å². The van der Waals surface area contributed by atoms with Crippen LogP contribution in [-0.2, 0) is 4.18 Å². The fourth-order valence-electron chi connectivity index (χ4n) is 1.05. The molecule has 0 saturated heterocycles. The van der Waals surface area contributed by atoms with Crippen molar-refractivity contribution in [2.75, 3.05) is 18.8 Å². The molecule has 0 atom stereocenters. The van der Waals surface area contributed by atoms with E-state index in [9.17, 15) is 9.59 Å². The van der Waals surface area contributed by atoms with Crippen LogP contribution in [0, 0.1) is 0 Å². The molecule has 0 radical (unpaired) electrons. The van der Waals surface area contributed by atoms with Crippen LogP contribution < -0.4 is 29.6 Å². The minimum atomic E-state index is -1.40. The molecule has 17 heavy (non-hydrogen) atoms. The first kappa shape index (κ1) is 16.5. The summed E-state index contributed by atoms with van der Waals surface area (Å²) < 4.78 is 5.21. The predicted molar refractivity (Wildman–Crippen MR) is 65.3 cm³/mol. The Kier molecular flexibility index (Phi) is 6.26. The third-order valence-corrected chi connectivity index (χ3v) is 2.32. The average Bonchev–Trinajstić information content (AvgIpc) is 2.15. The summed E-state index contributed by atoms with van der Waals surface area (Å²) in [5.74, 6) is -1.54. The molecule has 0 unspecified atom stereocenters. The zero-order valence-electron chi connectivity index (χ0n) is 11.4. The molecular weight excluding hydrogens is 251 g/mol. The quantitative estimate of drug-likeness (QED) is 0.733. The summed E-state index contributed by atoms with van der Waals surface area (Å²) in [6.07, 6.45) is 5.52. The number of rotatable bonds is 3. The van der Waals surface area contributed by atoms with Gasteiger partial charge in [0.05, 0.1) is 11.1 Å². The molecule has 0 aliphatic carbocycles. The number of aromatic carboxylic acids is 1. The van der Waals surface area contributed by atoms with Gasteiger partial charge in [0.2, 0.25) is 0 Å². The third-order valence-electron chi connectivity index (χ3n) is 1.67. The minimum absolute atomic E-state index is 0. The van der Waals surface area contributed by atoms with Crippen LogP contribution in [0.1, 0.15) is 22.1 Å². The Morgan fingerprint density at radius 3 is 2.24 bits per heavy atom. The molecule has 0 amide bonds. The van der Waals surface area contributed by atoms with Crippen molar-refractivity contribution in [3.05, 3.63) is 35.4 Å². The monoisotopic (exact) mass is 266 g/mol. The largest absolute Gasteiger partial charge is 1.00 e. The summed E-state index contributed by atoms with van der Waals surface area (Å²) in [6.45, 7) is 0. The average molecular weight is 266 g/mol. The summed E-state index contributed by atoms with van der Waals surface area (Å²) in [6, 6.07) is 5.82. The molecule has 1 rings (SSSR count). The van der Waals surface area contributed by atoms with E-state index in [2.05, 4.69) is 0 Å². The van der Waals surface area contributed by atoms with Crippen molar-refractivity contribution in [3.8, 4) is 0 Å². The maximum atomic E-state index is 11.6. The van der Waals surface area contributed by atoms with Crippen LogP contribution >= 0.6 is 10.3 Å². The van der Waals surface area contributed by atoms with E-state index in [0.29, 0.717) is 0 Å². The van der Waals surface area contributed by atoms with Crippen molar-refractivity contribution in [2.45, 2.75) is 0 Å². The van der Waals surface area contributed by atoms with Gasteiger partial charge in [-0.15, -0.1) is 0 Å². The predicted octanol–water partition coefficient (Wildman–Crippen LogP) is -0.733. The minimum Gasteiger partial charge on any atom is -1.00 e. The Bertz CT molecular complexity index is 431. The standard InChI is InChI=1S/C11H14O4S.Na.H/c1-16(2,3)15-11(14)9-6-4-5-8(7-9)10(12)13;;/h4-7H,1-3H3,(H,12,13);;/q;+1;-1. The summed E-state index contributed by atoms with van der Waals surface area (Å²) in [5.41, 5.74) is 0.348. The fourth-order valence-corrected chi connectivity index (χ4v) is 1.60. The zero-order chi connectivity index (χ0) is 12.3. The number of carbonyl (C=O) groups is 2. The topological polar surface area (TPSA) is 63.6 Å². The second kappa shape index (κ2) is 6.44. The Labute approximate surface area is 126 Å². The summed E-state index contributed by atoms with van der Waals surface area (Å²) in [5, 5.41) is 8.78. The summed E-state index contributed by atoms with van der Waals surface area (Å²) >= 11 is 0. The van der Waals surface area contributed by atoms with Crippen LogP contribution in [0.3, 0.4) is 0 Å².